The van der Waals surface area contributed by atoms with Crippen molar-refractivity contribution in [2.24, 2.45) is 0 Å². The highest BCUT2D eigenvalue weighted by atomic mass is 19.1. The Labute approximate surface area is 134 Å². The first-order chi connectivity index (χ1) is 11.1. The lowest BCUT2D eigenvalue weighted by Crippen LogP contribution is -2.05. The number of rotatable bonds is 4. The molecular formula is C19H18FNO2. The van der Waals surface area contributed by atoms with Crippen LogP contribution in [-0.2, 0) is 0 Å². The van der Waals surface area contributed by atoms with Gasteiger partial charge in [0.15, 0.2) is 0 Å². The van der Waals surface area contributed by atoms with Gasteiger partial charge < -0.3 is 9.47 Å². The molecule has 0 fully saturated rings. The molecule has 1 aromatic heterocycles. The van der Waals surface area contributed by atoms with Gasteiger partial charge in [-0.05, 0) is 67.8 Å². The van der Waals surface area contributed by atoms with Crippen molar-refractivity contribution in [1.29, 1.82) is 0 Å². The van der Waals surface area contributed by atoms with Crippen LogP contribution < -0.4 is 9.47 Å². The van der Waals surface area contributed by atoms with Crippen LogP contribution in [0.5, 0.6) is 11.5 Å². The Morgan fingerprint density at radius 2 is 1.65 bits per heavy atom. The third-order valence-electron chi connectivity index (χ3n) is 3.51. The van der Waals surface area contributed by atoms with Crippen molar-refractivity contribution < 1.29 is 13.9 Å². The Kier molecular flexibility index (Phi) is 4.15. The van der Waals surface area contributed by atoms with Crippen molar-refractivity contribution in [3.05, 3.63) is 54.5 Å². The minimum atomic E-state index is -0.484. The van der Waals surface area contributed by atoms with Crippen LogP contribution in [0.1, 0.15) is 13.8 Å². The summed E-state index contributed by atoms with van der Waals surface area (Å²) in [7, 11) is 1.59. The number of fused-ring (bicyclic) bond motifs is 1. The van der Waals surface area contributed by atoms with Crippen LogP contribution in [0.3, 0.4) is 0 Å². The molecule has 0 saturated carbocycles. The number of hydrogen-bond acceptors (Lipinski definition) is 3. The zero-order chi connectivity index (χ0) is 16.4. The normalized spacial score (nSPS) is 11.0. The van der Waals surface area contributed by atoms with Gasteiger partial charge in [0.2, 0.25) is 5.95 Å². The summed E-state index contributed by atoms with van der Waals surface area (Å²) in [5.41, 5.74) is 1.42. The van der Waals surface area contributed by atoms with Crippen molar-refractivity contribution in [2.75, 3.05) is 7.11 Å². The van der Waals surface area contributed by atoms with E-state index in [1.807, 2.05) is 44.2 Å². The van der Waals surface area contributed by atoms with Crippen molar-refractivity contribution >= 4 is 10.8 Å². The molecule has 0 bridgehead atoms. The third kappa shape index (κ3) is 3.26. The molecule has 0 radical (unpaired) electrons. The summed E-state index contributed by atoms with van der Waals surface area (Å²) in [6, 6.07) is 14.6. The van der Waals surface area contributed by atoms with Crippen LogP contribution >= 0.6 is 0 Å². The lowest BCUT2D eigenvalue weighted by Gasteiger charge is -2.10. The van der Waals surface area contributed by atoms with Gasteiger partial charge in [0.1, 0.15) is 11.5 Å². The summed E-state index contributed by atoms with van der Waals surface area (Å²) < 4.78 is 25.1. The van der Waals surface area contributed by atoms with Gasteiger partial charge in [0, 0.05) is 10.9 Å². The predicted molar refractivity (Wildman–Crippen MR) is 89.5 cm³/mol. The maximum absolute atomic E-state index is 14.2. The van der Waals surface area contributed by atoms with Gasteiger partial charge in [-0.2, -0.15) is 4.39 Å². The van der Waals surface area contributed by atoms with E-state index >= 15 is 0 Å². The molecule has 3 nitrogen and oxygen atoms in total. The van der Waals surface area contributed by atoms with E-state index in [1.54, 1.807) is 25.3 Å². The fourth-order valence-electron chi connectivity index (χ4n) is 2.44. The molecule has 0 spiro atoms. The molecule has 23 heavy (non-hydrogen) atoms. The quantitative estimate of drug-likeness (QED) is 0.646. The fraction of sp³-hybridized carbons (Fsp3) is 0.211. The highest BCUT2D eigenvalue weighted by Crippen LogP contribution is 2.28. The number of ether oxygens (including phenoxy) is 2. The minimum Gasteiger partial charge on any atom is -0.497 e. The molecule has 0 aliphatic rings. The van der Waals surface area contributed by atoms with Crippen molar-refractivity contribution in [2.45, 2.75) is 20.0 Å². The van der Waals surface area contributed by atoms with Gasteiger partial charge in [-0.25, -0.2) is 4.98 Å². The molecule has 0 aliphatic carbocycles. The van der Waals surface area contributed by atoms with E-state index in [4.69, 9.17) is 9.47 Å². The van der Waals surface area contributed by atoms with Crippen LogP contribution in [0.25, 0.3) is 22.0 Å². The Hall–Kier alpha value is -2.62. The van der Waals surface area contributed by atoms with Gasteiger partial charge in [-0.1, -0.05) is 0 Å². The molecule has 3 aromatic rings. The Morgan fingerprint density at radius 3 is 2.30 bits per heavy atom. The Morgan fingerprint density at radius 1 is 0.957 bits per heavy atom. The number of nitrogens with zero attached hydrogens (tertiary/aromatic N) is 1. The van der Waals surface area contributed by atoms with E-state index in [-0.39, 0.29) is 6.10 Å². The SMILES string of the molecule is COc1ccc2c(F)nc(-c3ccc(OC(C)C)cc3)cc2c1. The molecule has 0 N–H and O–H groups in total. The highest BCUT2D eigenvalue weighted by molar-refractivity contribution is 5.87. The van der Waals surface area contributed by atoms with Crippen molar-refractivity contribution in [3.63, 3.8) is 0 Å². The largest absolute Gasteiger partial charge is 0.497 e. The van der Waals surface area contributed by atoms with Gasteiger partial charge in [0.25, 0.3) is 0 Å². The lowest BCUT2D eigenvalue weighted by atomic mass is 10.1. The molecule has 1 heterocycles. The molecule has 4 heteroatoms. The van der Waals surface area contributed by atoms with Gasteiger partial charge in [-0.15, -0.1) is 0 Å². The summed E-state index contributed by atoms with van der Waals surface area (Å²) >= 11 is 0. The standard InChI is InChI=1S/C19H18FNO2/c1-12(2)23-15-6-4-13(5-7-15)18-11-14-10-16(22-3)8-9-17(14)19(20)21-18/h4-12H,1-3H3. The highest BCUT2D eigenvalue weighted by Gasteiger charge is 2.09. The summed E-state index contributed by atoms with van der Waals surface area (Å²) in [6.07, 6.45) is 0.115. The van der Waals surface area contributed by atoms with Crippen molar-refractivity contribution in [3.8, 4) is 22.8 Å². The minimum absolute atomic E-state index is 0.115. The van der Waals surface area contributed by atoms with Crippen LogP contribution in [0.15, 0.2) is 48.5 Å². The zero-order valence-corrected chi connectivity index (χ0v) is 13.3. The first-order valence-electron chi connectivity index (χ1n) is 7.48. The smallest absolute Gasteiger partial charge is 0.221 e. The second kappa shape index (κ2) is 6.24. The van der Waals surface area contributed by atoms with E-state index in [1.165, 1.54) is 0 Å². The van der Waals surface area contributed by atoms with Crippen LogP contribution in [0, 0.1) is 5.95 Å². The van der Waals surface area contributed by atoms with E-state index in [2.05, 4.69) is 4.98 Å². The summed E-state index contributed by atoms with van der Waals surface area (Å²) in [5.74, 6) is 0.990. The van der Waals surface area contributed by atoms with E-state index in [0.717, 1.165) is 16.7 Å². The monoisotopic (exact) mass is 311 g/mol. The number of aromatic nitrogens is 1. The molecule has 0 atom stereocenters. The van der Waals surface area contributed by atoms with Gasteiger partial charge in [-0.3, -0.25) is 0 Å². The number of benzene rings is 2. The van der Waals surface area contributed by atoms with Crippen LogP contribution in [0.2, 0.25) is 0 Å². The van der Waals surface area contributed by atoms with E-state index < -0.39 is 5.95 Å². The molecule has 0 unspecified atom stereocenters. The molecule has 0 saturated heterocycles. The maximum Gasteiger partial charge on any atom is 0.221 e. The number of hydrogen-bond donors (Lipinski definition) is 0. The first-order valence-corrected chi connectivity index (χ1v) is 7.48. The number of methoxy groups -OCH3 is 1. The third-order valence-corrected chi connectivity index (χ3v) is 3.51. The lowest BCUT2D eigenvalue weighted by molar-refractivity contribution is 0.242. The molecule has 0 amide bonds. The number of halogens is 1. The van der Waals surface area contributed by atoms with E-state index in [9.17, 15) is 4.39 Å². The molecule has 0 aliphatic heterocycles. The molecular weight excluding hydrogens is 293 g/mol. The van der Waals surface area contributed by atoms with Gasteiger partial charge in [0.05, 0.1) is 18.9 Å². The first kappa shape index (κ1) is 15.3. The van der Waals surface area contributed by atoms with Crippen LogP contribution in [0.4, 0.5) is 4.39 Å². The Bertz CT molecular complexity index is 829. The van der Waals surface area contributed by atoms with Crippen LogP contribution in [-0.4, -0.2) is 18.2 Å². The second-order valence-electron chi connectivity index (χ2n) is 5.58. The number of pyridine rings is 1. The summed E-state index contributed by atoms with van der Waals surface area (Å²) in [4.78, 5) is 4.07. The molecule has 3 rings (SSSR count). The predicted octanol–water partition coefficient (Wildman–Crippen LogP) is 4.84. The zero-order valence-electron chi connectivity index (χ0n) is 13.3. The Balaban J connectivity index is 2.02. The summed E-state index contributed by atoms with van der Waals surface area (Å²) in [6.45, 7) is 3.95. The topological polar surface area (TPSA) is 31.4 Å². The van der Waals surface area contributed by atoms with Crippen molar-refractivity contribution in [1.82, 2.24) is 4.98 Å². The average molecular weight is 311 g/mol. The average Bonchev–Trinajstić information content (AvgIpc) is 2.54. The van der Waals surface area contributed by atoms with E-state index in [0.29, 0.717) is 16.8 Å². The maximum atomic E-state index is 14.2. The molecule has 2 aromatic carbocycles. The van der Waals surface area contributed by atoms with Gasteiger partial charge >= 0.3 is 0 Å². The second-order valence-corrected chi connectivity index (χ2v) is 5.58. The molecule has 118 valence electrons. The summed E-state index contributed by atoms with van der Waals surface area (Å²) in [5, 5.41) is 1.24. The fourth-order valence-corrected chi connectivity index (χ4v) is 2.44.